The molecule has 0 bridgehead atoms. The number of aryl methyl sites for hydroxylation is 1. The third-order valence-electron chi connectivity index (χ3n) is 2.84. The fourth-order valence-corrected chi connectivity index (χ4v) is 1.93. The van der Waals surface area contributed by atoms with E-state index in [4.69, 9.17) is 5.11 Å². The van der Waals surface area contributed by atoms with Crippen LogP contribution in [0, 0.1) is 0 Å². The van der Waals surface area contributed by atoms with Gasteiger partial charge in [0.15, 0.2) is 0 Å². The van der Waals surface area contributed by atoms with Gasteiger partial charge in [0.2, 0.25) is 0 Å². The maximum absolute atomic E-state index is 11.1. The zero-order chi connectivity index (χ0) is 13.7. The van der Waals surface area contributed by atoms with Crippen LogP contribution in [0.3, 0.4) is 0 Å². The summed E-state index contributed by atoms with van der Waals surface area (Å²) in [5.41, 5.74) is 1.95. The molecule has 1 aromatic heterocycles. The van der Waals surface area contributed by atoms with Crippen LogP contribution in [0.15, 0.2) is 36.5 Å². The van der Waals surface area contributed by atoms with Gasteiger partial charge in [-0.2, -0.15) is 0 Å². The van der Waals surface area contributed by atoms with Crippen LogP contribution in [0.2, 0.25) is 0 Å². The Bertz CT molecular complexity index is 568. The molecule has 0 spiro atoms. The monoisotopic (exact) mass is 256 g/mol. The fourth-order valence-electron chi connectivity index (χ4n) is 1.93. The quantitative estimate of drug-likeness (QED) is 0.893. The Labute approximate surface area is 112 Å². The number of benzene rings is 1. The summed E-state index contributed by atoms with van der Waals surface area (Å²) in [7, 11) is 0. The number of hydrogen-bond donors (Lipinski definition) is 1. The Hall–Kier alpha value is -2.23. The molecule has 1 aromatic carbocycles. The van der Waals surface area contributed by atoms with E-state index in [0.717, 1.165) is 12.0 Å². The number of rotatable bonds is 5. The first kappa shape index (κ1) is 13.2. The third kappa shape index (κ3) is 3.37. The molecule has 2 rings (SSSR count). The van der Waals surface area contributed by atoms with Gasteiger partial charge in [0, 0.05) is 12.6 Å². The van der Waals surface area contributed by atoms with Gasteiger partial charge in [0.1, 0.15) is 5.82 Å². The van der Waals surface area contributed by atoms with Gasteiger partial charge in [-0.3, -0.25) is 0 Å². The Balaban J connectivity index is 2.27. The largest absolute Gasteiger partial charge is 0.478 e. The van der Waals surface area contributed by atoms with E-state index in [0.29, 0.717) is 24.4 Å². The summed E-state index contributed by atoms with van der Waals surface area (Å²) in [6.45, 7) is 2.00. The van der Waals surface area contributed by atoms with E-state index < -0.39 is 5.97 Å². The van der Waals surface area contributed by atoms with Gasteiger partial charge < -0.3 is 5.11 Å². The Morgan fingerprint density at radius 3 is 2.63 bits per heavy atom. The van der Waals surface area contributed by atoms with Gasteiger partial charge >= 0.3 is 5.97 Å². The molecule has 0 fully saturated rings. The van der Waals surface area contributed by atoms with Crippen LogP contribution in [-0.4, -0.2) is 21.0 Å². The van der Waals surface area contributed by atoms with Crippen LogP contribution in [-0.2, 0) is 12.8 Å². The van der Waals surface area contributed by atoms with Gasteiger partial charge in [-0.05, 0) is 12.0 Å². The van der Waals surface area contributed by atoms with Gasteiger partial charge in [-0.25, -0.2) is 14.8 Å². The molecule has 1 heterocycles. The molecule has 0 atom stereocenters. The molecule has 1 N–H and O–H groups in total. The number of nitrogens with zero attached hydrogens (tertiary/aromatic N) is 2. The molecule has 0 unspecified atom stereocenters. The predicted octanol–water partition coefficient (Wildman–Crippen LogP) is 2.72. The molecule has 98 valence electrons. The average Bonchev–Trinajstić information content (AvgIpc) is 2.40. The normalized spacial score (nSPS) is 10.4. The standard InChI is InChI=1S/C15H16N2O2/c1-2-6-13-12(15(18)19)10-16-14(17-13)9-11-7-4-3-5-8-11/h3-5,7-8,10H,2,6,9H2,1H3,(H,18,19). The zero-order valence-corrected chi connectivity index (χ0v) is 10.8. The highest BCUT2D eigenvalue weighted by atomic mass is 16.4. The van der Waals surface area contributed by atoms with Gasteiger partial charge in [0.05, 0.1) is 11.3 Å². The second-order valence-electron chi connectivity index (χ2n) is 4.36. The summed E-state index contributed by atoms with van der Waals surface area (Å²) >= 11 is 0. The molecule has 0 aliphatic carbocycles. The number of aromatic carboxylic acids is 1. The first-order chi connectivity index (χ1) is 9.20. The fraction of sp³-hybridized carbons (Fsp3) is 0.267. The van der Waals surface area contributed by atoms with E-state index >= 15 is 0 Å². The Kier molecular flexibility index (Phi) is 4.23. The van der Waals surface area contributed by atoms with Crippen molar-refractivity contribution in [1.29, 1.82) is 0 Å². The average molecular weight is 256 g/mol. The number of aromatic nitrogens is 2. The summed E-state index contributed by atoms with van der Waals surface area (Å²) in [6.07, 6.45) is 3.56. The highest BCUT2D eigenvalue weighted by Crippen LogP contribution is 2.11. The van der Waals surface area contributed by atoms with E-state index in [9.17, 15) is 4.79 Å². The molecule has 0 aliphatic heterocycles. The van der Waals surface area contributed by atoms with E-state index in [-0.39, 0.29) is 5.56 Å². The predicted molar refractivity (Wildman–Crippen MR) is 72.2 cm³/mol. The van der Waals surface area contributed by atoms with Crippen LogP contribution < -0.4 is 0 Å². The van der Waals surface area contributed by atoms with E-state index in [1.165, 1.54) is 6.20 Å². The van der Waals surface area contributed by atoms with Gasteiger partial charge in [0.25, 0.3) is 0 Å². The highest BCUT2D eigenvalue weighted by Gasteiger charge is 2.12. The van der Waals surface area contributed by atoms with Crippen LogP contribution in [0.25, 0.3) is 0 Å². The molecule has 4 heteroatoms. The molecule has 0 radical (unpaired) electrons. The van der Waals surface area contributed by atoms with E-state index in [1.807, 2.05) is 37.3 Å². The first-order valence-electron chi connectivity index (χ1n) is 6.32. The summed E-state index contributed by atoms with van der Waals surface area (Å²) < 4.78 is 0. The lowest BCUT2D eigenvalue weighted by Crippen LogP contribution is -2.09. The van der Waals surface area contributed by atoms with Crippen molar-refractivity contribution in [3.05, 3.63) is 59.2 Å². The highest BCUT2D eigenvalue weighted by molar-refractivity contribution is 5.88. The van der Waals surface area contributed by atoms with Crippen LogP contribution in [0.5, 0.6) is 0 Å². The molecule has 19 heavy (non-hydrogen) atoms. The molecule has 2 aromatic rings. The number of carboxylic acid groups (broad SMARTS) is 1. The van der Waals surface area contributed by atoms with Crippen molar-refractivity contribution in [3.63, 3.8) is 0 Å². The number of hydrogen-bond acceptors (Lipinski definition) is 3. The second-order valence-corrected chi connectivity index (χ2v) is 4.36. The van der Waals surface area contributed by atoms with Crippen LogP contribution in [0.1, 0.15) is 40.8 Å². The third-order valence-corrected chi connectivity index (χ3v) is 2.84. The summed E-state index contributed by atoms with van der Waals surface area (Å²) in [5, 5.41) is 9.09. The van der Waals surface area contributed by atoms with Crippen molar-refractivity contribution >= 4 is 5.97 Å². The number of carboxylic acids is 1. The molecular formula is C15H16N2O2. The summed E-state index contributed by atoms with van der Waals surface area (Å²) in [4.78, 5) is 19.6. The smallest absolute Gasteiger partial charge is 0.339 e. The lowest BCUT2D eigenvalue weighted by atomic mass is 10.1. The van der Waals surface area contributed by atoms with Crippen molar-refractivity contribution in [2.45, 2.75) is 26.2 Å². The SMILES string of the molecule is CCCc1nc(Cc2ccccc2)ncc1C(=O)O. The maximum atomic E-state index is 11.1. The lowest BCUT2D eigenvalue weighted by molar-refractivity contribution is 0.0694. The van der Waals surface area contributed by atoms with Crippen molar-refractivity contribution < 1.29 is 9.90 Å². The van der Waals surface area contributed by atoms with Crippen molar-refractivity contribution in [3.8, 4) is 0 Å². The van der Waals surface area contributed by atoms with Gasteiger partial charge in [-0.1, -0.05) is 43.7 Å². The summed E-state index contributed by atoms with van der Waals surface area (Å²) in [6, 6.07) is 9.91. The molecule has 0 aliphatic rings. The molecule has 0 amide bonds. The Morgan fingerprint density at radius 1 is 1.26 bits per heavy atom. The molecule has 4 nitrogen and oxygen atoms in total. The maximum Gasteiger partial charge on any atom is 0.339 e. The van der Waals surface area contributed by atoms with Gasteiger partial charge in [-0.15, -0.1) is 0 Å². The molecule has 0 saturated carbocycles. The van der Waals surface area contributed by atoms with Crippen molar-refractivity contribution in [2.75, 3.05) is 0 Å². The van der Waals surface area contributed by atoms with E-state index in [2.05, 4.69) is 9.97 Å². The Morgan fingerprint density at radius 2 is 2.00 bits per heavy atom. The van der Waals surface area contributed by atoms with Crippen molar-refractivity contribution in [2.24, 2.45) is 0 Å². The summed E-state index contributed by atoms with van der Waals surface area (Å²) in [5.74, 6) is -0.297. The minimum Gasteiger partial charge on any atom is -0.478 e. The molecule has 0 saturated heterocycles. The second kappa shape index (κ2) is 6.09. The van der Waals surface area contributed by atoms with Crippen LogP contribution >= 0.6 is 0 Å². The first-order valence-corrected chi connectivity index (χ1v) is 6.32. The van der Waals surface area contributed by atoms with Crippen LogP contribution in [0.4, 0.5) is 0 Å². The minimum atomic E-state index is -0.963. The number of carbonyl (C=O) groups is 1. The lowest BCUT2D eigenvalue weighted by Gasteiger charge is -2.06. The minimum absolute atomic E-state index is 0.207. The molecular weight excluding hydrogens is 240 g/mol. The topological polar surface area (TPSA) is 63.1 Å². The van der Waals surface area contributed by atoms with Crippen molar-refractivity contribution in [1.82, 2.24) is 9.97 Å². The van der Waals surface area contributed by atoms with E-state index in [1.54, 1.807) is 0 Å². The zero-order valence-electron chi connectivity index (χ0n) is 10.8.